The summed E-state index contributed by atoms with van der Waals surface area (Å²) in [5.74, 6) is 0. The largest absolute Gasteiger partial charge is 0.387 e. The Morgan fingerprint density at radius 2 is 2.09 bits per heavy atom. The van der Waals surface area contributed by atoms with Gasteiger partial charge < -0.3 is 10.4 Å². The first-order chi connectivity index (χ1) is 10.6. The molecule has 0 bridgehead atoms. The molecular weight excluding hydrogens is 300 g/mol. The molecule has 0 unspecified atom stereocenters. The molecule has 1 atom stereocenters. The summed E-state index contributed by atoms with van der Waals surface area (Å²) in [6.07, 6.45) is 1.23. The molecule has 0 fully saturated rings. The van der Waals surface area contributed by atoms with Crippen molar-refractivity contribution in [3.8, 4) is 0 Å². The third-order valence-electron chi connectivity index (χ3n) is 3.58. The predicted octanol–water partition coefficient (Wildman–Crippen LogP) is 2.74. The fraction of sp³-hybridized carbons (Fsp3) is 0.250. The van der Waals surface area contributed by atoms with Gasteiger partial charge in [-0.15, -0.1) is 0 Å². The van der Waals surface area contributed by atoms with Crippen LogP contribution in [-0.4, -0.2) is 26.8 Å². The molecule has 0 radical (unpaired) electrons. The van der Waals surface area contributed by atoms with E-state index in [1.165, 1.54) is 0 Å². The molecule has 3 rings (SSSR count). The number of halogens is 1. The van der Waals surface area contributed by atoms with Crippen LogP contribution in [0.15, 0.2) is 36.5 Å². The number of rotatable bonds is 5. The third-order valence-corrected chi connectivity index (χ3v) is 3.83. The number of benzene rings is 1. The number of pyridine rings is 1. The molecule has 6 heteroatoms. The summed E-state index contributed by atoms with van der Waals surface area (Å²) < 4.78 is 0. The maximum atomic E-state index is 10.1. The molecule has 0 aliphatic carbocycles. The second-order valence-electron chi connectivity index (χ2n) is 5.26. The van der Waals surface area contributed by atoms with E-state index < -0.39 is 6.10 Å². The third kappa shape index (κ3) is 3.27. The Bertz CT molecular complexity index is 769. The van der Waals surface area contributed by atoms with Crippen LogP contribution in [0.2, 0.25) is 5.02 Å². The Morgan fingerprint density at radius 1 is 1.32 bits per heavy atom. The fourth-order valence-electron chi connectivity index (χ4n) is 2.32. The standard InChI is InChI=1S/C16H17ClN4O/c1-10-14-6-11(8-19-16(14)21-20-10)7-18-9-15(22)12-2-4-13(17)5-3-12/h2-6,8,15,18,22H,7,9H2,1H3,(H,19,20,21)/t15-/m0/s1. The number of nitrogens with one attached hydrogen (secondary N) is 2. The number of aryl methyl sites for hydroxylation is 1. The highest BCUT2D eigenvalue weighted by Gasteiger charge is 2.08. The number of aromatic nitrogens is 3. The Kier molecular flexibility index (Phi) is 4.38. The zero-order valence-electron chi connectivity index (χ0n) is 12.2. The van der Waals surface area contributed by atoms with E-state index in [4.69, 9.17) is 11.6 Å². The minimum Gasteiger partial charge on any atom is -0.387 e. The van der Waals surface area contributed by atoms with Crippen molar-refractivity contribution in [3.63, 3.8) is 0 Å². The molecule has 0 aliphatic rings. The second-order valence-corrected chi connectivity index (χ2v) is 5.70. The Morgan fingerprint density at radius 3 is 2.86 bits per heavy atom. The van der Waals surface area contributed by atoms with Gasteiger partial charge in [-0.1, -0.05) is 23.7 Å². The summed E-state index contributed by atoms with van der Waals surface area (Å²) in [5.41, 5.74) is 3.63. The van der Waals surface area contributed by atoms with E-state index in [1.54, 1.807) is 18.3 Å². The van der Waals surface area contributed by atoms with Gasteiger partial charge in [0.1, 0.15) is 0 Å². The van der Waals surface area contributed by atoms with Crippen molar-refractivity contribution in [1.82, 2.24) is 20.5 Å². The van der Waals surface area contributed by atoms with Crippen molar-refractivity contribution in [2.75, 3.05) is 6.54 Å². The number of aromatic amines is 1. The highest BCUT2D eigenvalue weighted by atomic mass is 35.5. The highest BCUT2D eigenvalue weighted by Crippen LogP contribution is 2.17. The van der Waals surface area contributed by atoms with Gasteiger partial charge in [0.25, 0.3) is 0 Å². The lowest BCUT2D eigenvalue weighted by Gasteiger charge is -2.12. The van der Waals surface area contributed by atoms with Crippen LogP contribution in [0.1, 0.15) is 22.9 Å². The molecule has 3 N–H and O–H groups in total. The zero-order chi connectivity index (χ0) is 15.5. The molecular formula is C16H17ClN4O. The average Bonchev–Trinajstić information content (AvgIpc) is 2.89. The molecule has 0 aliphatic heterocycles. The van der Waals surface area contributed by atoms with Crippen molar-refractivity contribution in [1.29, 1.82) is 0 Å². The topological polar surface area (TPSA) is 73.8 Å². The first-order valence-electron chi connectivity index (χ1n) is 7.07. The maximum Gasteiger partial charge on any atom is 0.181 e. The van der Waals surface area contributed by atoms with Crippen LogP contribution in [0.4, 0.5) is 0 Å². The van der Waals surface area contributed by atoms with Gasteiger partial charge in [0.15, 0.2) is 5.65 Å². The van der Waals surface area contributed by atoms with E-state index in [-0.39, 0.29) is 0 Å². The quantitative estimate of drug-likeness (QED) is 0.676. The van der Waals surface area contributed by atoms with E-state index in [1.807, 2.05) is 19.1 Å². The molecule has 5 nitrogen and oxygen atoms in total. The summed E-state index contributed by atoms with van der Waals surface area (Å²) in [5, 5.41) is 22.1. The summed E-state index contributed by atoms with van der Waals surface area (Å²) >= 11 is 5.84. The van der Waals surface area contributed by atoms with Gasteiger partial charge in [-0.25, -0.2) is 4.98 Å². The molecule has 22 heavy (non-hydrogen) atoms. The number of nitrogens with zero attached hydrogens (tertiary/aromatic N) is 2. The number of hydrogen-bond donors (Lipinski definition) is 3. The number of fused-ring (bicyclic) bond motifs is 1. The highest BCUT2D eigenvalue weighted by molar-refractivity contribution is 6.30. The lowest BCUT2D eigenvalue weighted by molar-refractivity contribution is 0.174. The summed E-state index contributed by atoms with van der Waals surface area (Å²) in [6, 6.07) is 9.27. The van der Waals surface area contributed by atoms with Crippen LogP contribution in [0, 0.1) is 6.92 Å². The number of aliphatic hydroxyl groups excluding tert-OH is 1. The van der Waals surface area contributed by atoms with Crippen LogP contribution in [0.3, 0.4) is 0 Å². The summed E-state index contributed by atoms with van der Waals surface area (Å²) in [7, 11) is 0. The second kappa shape index (κ2) is 6.44. The zero-order valence-corrected chi connectivity index (χ0v) is 12.9. The van der Waals surface area contributed by atoms with Crippen LogP contribution in [0.5, 0.6) is 0 Å². The van der Waals surface area contributed by atoms with Crippen molar-refractivity contribution in [3.05, 3.63) is 58.4 Å². The molecule has 0 spiro atoms. The fourth-order valence-corrected chi connectivity index (χ4v) is 2.44. The van der Waals surface area contributed by atoms with Crippen LogP contribution in [0.25, 0.3) is 11.0 Å². The maximum absolute atomic E-state index is 10.1. The van der Waals surface area contributed by atoms with Gasteiger partial charge in [0.05, 0.1) is 6.10 Å². The molecule has 2 aromatic heterocycles. The number of hydrogen-bond acceptors (Lipinski definition) is 4. The number of aliphatic hydroxyl groups is 1. The van der Waals surface area contributed by atoms with Crippen molar-refractivity contribution in [2.24, 2.45) is 0 Å². The minimum absolute atomic E-state index is 0.462. The molecule has 1 aromatic carbocycles. The molecule has 0 saturated heterocycles. The first kappa shape index (κ1) is 15.0. The lowest BCUT2D eigenvalue weighted by atomic mass is 10.1. The van der Waals surface area contributed by atoms with Gasteiger partial charge >= 0.3 is 0 Å². The minimum atomic E-state index is -0.565. The van der Waals surface area contributed by atoms with Gasteiger partial charge in [-0.3, -0.25) is 5.10 Å². The average molecular weight is 317 g/mol. The smallest absolute Gasteiger partial charge is 0.181 e. The molecule has 3 aromatic rings. The number of H-pyrrole nitrogens is 1. The first-order valence-corrected chi connectivity index (χ1v) is 7.45. The SMILES string of the molecule is Cc1[nH]nc2ncc(CNC[C@H](O)c3ccc(Cl)cc3)cc12. The van der Waals surface area contributed by atoms with E-state index >= 15 is 0 Å². The van der Waals surface area contributed by atoms with Crippen LogP contribution >= 0.6 is 11.6 Å². The van der Waals surface area contributed by atoms with E-state index in [0.29, 0.717) is 18.1 Å². The molecule has 2 heterocycles. The van der Waals surface area contributed by atoms with Crippen LogP contribution in [-0.2, 0) is 6.54 Å². The molecule has 0 saturated carbocycles. The van der Waals surface area contributed by atoms with Crippen molar-refractivity contribution in [2.45, 2.75) is 19.6 Å². The van der Waals surface area contributed by atoms with E-state index in [2.05, 4.69) is 26.6 Å². The summed E-state index contributed by atoms with van der Waals surface area (Å²) in [6.45, 7) is 3.07. The van der Waals surface area contributed by atoms with Gasteiger partial charge in [0, 0.05) is 35.4 Å². The lowest BCUT2D eigenvalue weighted by Crippen LogP contribution is -2.21. The Balaban J connectivity index is 1.59. The van der Waals surface area contributed by atoms with Gasteiger partial charge in [-0.05, 0) is 36.2 Å². The van der Waals surface area contributed by atoms with Gasteiger partial charge in [0.2, 0.25) is 0 Å². The van der Waals surface area contributed by atoms with Crippen LogP contribution < -0.4 is 5.32 Å². The Hall–Kier alpha value is -1.95. The molecule has 114 valence electrons. The van der Waals surface area contributed by atoms with E-state index in [0.717, 1.165) is 27.9 Å². The van der Waals surface area contributed by atoms with E-state index in [9.17, 15) is 5.11 Å². The van der Waals surface area contributed by atoms with Crippen molar-refractivity contribution < 1.29 is 5.11 Å². The summed E-state index contributed by atoms with van der Waals surface area (Å²) in [4.78, 5) is 4.31. The van der Waals surface area contributed by atoms with Gasteiger partial charge in [-0.2, -0.15) is 5.10 Å². The Labute approximate surface area is 133 Å². The molecule has 0 amide bonds. The normalized spacial score (nSPS) is 12.7. The predicted molar refractivity (Wildman–Crippen MR) is 86.7 cm³/mol. The van der Waals surface area contributed by atoms with Crippen molar-refractivity contribution >= 4 is 22.6 Å². The monoisotopic (exact) mass is 316 g/mol.